The van der Waals surface area contributed by atoms with Gasteiger partial charge in [-0.3, -0.25) is 0 Å². The molecular formula is C13H21NO4. The molecule has 5 nitrogen and oxygen atoms in total. The predicted molar refractivity (Wildman–Crippen MR) is 67.4 cm³/mol. The minimum absolute atomic E-state index is 0.170. The first-order valence-electron chi connectivity index (χ1n) is 6.12. The summed E-state index contributed by atoms with van der Waals surface area (Å²) in [5.74, 6) is -0.953. The van der Waals surface area contributed by atoms with E-state index in [0.29, 0.717) is 6.54 Å². The van der Waals surface area contributed by atoms with Crippen LogP contribution in [0.15, 0.2) is 11.6 Å². The topological polar surface area (TPSA) is 66.8 Å². The first kappa shape index (κ1) is 14.5. The highest BCUT2D eigenvalue weighted by Crippen LogP contribution is 2.22. The summed E-state index contributed by atoms with van der Waals surface area (Å²) in [5.41, 5.74) is -0.272. The Labute approximate surface area is 107 Å². The minimum atomic E-state index is -0.953. The third-order valence-electron chi connectivity index (χ3n) is 2.71. The van der Waals surface area contributed by atoms with E-state index in [1.165, 1.54) is 6.92 Å². The Morgan fingerprint density at radius 2 is 2.00 bits per heavy atom. The molecule has 0 spiro atoms. The Bertz CT molecular complexity index is 368. The number of likely N-dealkylation sites (tertiary alicyclic amines) is 1. The molecule has 1 fully saturated rings. The highest BCUT2D eigenvalue weighted by atomic mass is 16.6. The molecule has 0 aromatic heterocycles. The van der Waals surface area contributed by atoms with E-state index in [2.05, 4.69) is 0 Å². The van der Waals surface area contributed by atoms with E-state index < -0.39 is 11.6 Å². The van der Waals surface area contributed by atoms with Crippen molar-refractivity contribution in [2.45, 2.75) is 52.2 Å². The van der Waals surface area contributed by atoms with Crippen LogP contribution in [0.25, 0.3) is 0 Å². The number of carboxylic acids is 1. The molecule has 0 saturated carbocycles. The van der Waals surface area contributed by atoms with E-state index in [1.54, 1.807) is 11.0 Å². The molecule has 0 radical (unpaired) electrons. The van der Waals surface area contributed by atoms with Crippen LogP contribution < -0.4 is 0 Å². The number of ether oxygens (including phenoxy) is 1. The van der Waals surface area contributed by atoms with E-state index >= 15 is 0 Å². The third kappa shape index (κ3) is 4.05. The molecule has 0 aliphatic carbocycles. The third-order valence-corrected chi connectivity index (χ3v) is 2.71. The fourth-order valence-electron chi connectivity index (χ4n) is 1.87. The Hall–Kier alpha value is -1.52. The molecule has 0 aromatic carbocycles. The zero-order chi connectivity index (χ0) is 13.9. The van der Waals surface area contributed by atoms with Crippen LogP contribution in [-0.4, -0.2) is 40.3 Å². The Balaban J connectivity index is 2.74. The monoisotopic (exact) mass is 255 g/mol. The molecule has 5 heteroatoms. The predicted octanol–water partition coefficient (Wildman–Crippen LogP) is 2.42. The van der Waals surface area contributed by atoms with Gasteiger partial charge in [0.1, 0.15) is 5.60 Å². The van der Waals surface area contributed by atoms with Gasteiger partial charge < -0.3 is 14.7 Å². The van der Waals surface area contributed by atoms with Gasteiger partial charge in [0.05, 0.1) is 6.04 Å². The average molecular weight is 255 g/mol. The van der Waals surface area contributed by atoms with Gasteiger partial charge in [0.2, 0.25) is 0 Å². The quantitative estimate of drug-likeness (QED) is 0.769. The summed E-state index contributed by atoms with van der Waals surface area (Å²) < 4.78 is 5.30. The molecule has 1 heterocycles. The van der Waals surface area contributed by atoms with Crippen LogP contribution in [0.3, 0.4) is 0 Å². The Morgan fingerprint density at radius 3 is 2.50 bits per heavy atom. The molecular weight excluding hydrogens is 234 g/mol. The van der Waals surface area contributed by atoms with Crippen LogP contribution in [-0.2, 0) is 9.53 Å². The van der Waals surface area contributed by atoms with Gasteiger partial charge in [-0.05, 0) is 40.5 Å². The normalized spacial score (nSPS) is 21.0. The molecule has 1 aliphatic heterocycles. The molecule has 102 valence electrons. The SMILES string of the molecule is CC(=CC1CCCN1C(=O)OC(C)(C)C)C(=O)O. The molecule has 1 atom stereocenters. The van der Waals surface area contributed by atoms with Crippen molar-refractivity contribution in [3.8, 4) is 0 Å². The van der Waals surface area contributed by atoms with Crippen LogP contribution >= 0.6 is 0 Å². The van der Waals surface area contributed by atoms with Crippen LogP contribution in [0.5, 0.6) is 0 Å². The van der Waals surface area contributed by atoms with Crippen molar-refractivity contribution in [3.05, 3.63) is 11.6 Å². The molecule has 1 N–H and O–H groups in total. The van der Waals surface area contributed by atoms with Crippen LogP contribution in [0, 0.1) is 0 Å². The second kappa shape index (κ2) is 5.42. The number of nitrogens with zero attached hydrogens (tertiary/aromatic N) is 1. The van der Waals surface area contributed by atoms with Gasteiger partial charge in [0.15, 0.2) is 0 Å². The first-order chi connectivity index (χ1) is 8.20. The number of rotatable bonds is 2. The lowest BCUT2D eigenvalue weighted by molar-refractivity contribution is -0.132. The van der Waals surface area contributed by atoms with Crippen molar-refractivity contribution < 1.29 is 19.4 Å². The largest absolute Gasteiger partial charge is 0.478 e. The molecule has 1 amide bonds. The van der Waals surface area contributed by atoms with Crippen molar-refractivity contribution in [3.63, 3.8) is 0 Å². The summed E-state index contributed by atoms with van der Waals surface area (Å²) in [6, 6.07) is -0.170. The smallest absolute Gasteiger partial charge is 0.410 e. The molecule has 1 unspecified atom stereocenters. The van der Waals surface area contributed by atoms with Gasteiger partial charge in [-0.25, -0.2) is 9.59 Å². The summed E-state index contributed by atoms with van der Waals surface area (Å²) in [7, 11) is 0. The lowest BCUT2D eigenvalue weighted by atomic mass is 10.1. The van der Waals surface area contributed by atoms with Crippen molar-refractivity contribution >= 4 is 12.1 Å². The van der Waals surface area contributed by atoms with Crippen molar-refractivity contribution in [1.29, 1.82) is 0 Å². The standard InChI is InChI=1S/C13H21NO4/c1-9(11(15)16)8-10-6-5-7-14(10)12(17)18-13(2,3)4/h8,10H,5-7H2,1-4H3,(H,15,16). The summed E-state index contributed by atoms with van der Waals surface area (Å²) >= 11 is 0. The first-order valence-corrected chi connectivity index (χ1v) is 6.12. The molecule has 18 heavy (non-hydrogen) atoms. The Kier molecular flexibility index (Phi) is 4.38. The fraction of sp³-hybridized carbons (Fsp3) is 0.692. The van der Waals surface area contributed by atoms with Gasteiger partial charge in [-0.2, -0.15) is 0 Å². The maximum absolute atomic E-state index is 11.9. The molecule has 1 saturated heterocycles. The van der Waals surface area contributed by atoms with Gasteiger partial charge in [-0.15, -0.1) is 0 Å². The van der Waals surface area contributed by atoms with E-state index in [1.807, 2.05) is 20.8 Å². The fourth-order valence-corrected chi connectivity index (χ4v) is 1.87. The van der Waals surface area contributed by atoms with Crippen LogP contribution in [0.4, 0.5) is 4.79 Å². The van der Waals surface area contributed by atoms with Gasteiger partial charge in [0, 0.05) is 12.1 Å². The lowest BCUT2D eigenvalue weighted by Gasteiger charge is -2.27. The summed E-state index contributed by atoms with van der Waals surface area (Å²) in [4.78, 5) is 24.3. The van der Waals surface area contributed by atoms with E-state index in [9.17, 15) is 9.59 Å². The summed E-state index contributed by atoms with van der Waals surface area (Å²) in [5, 5.41) is 8.85. The number of carbonyl (C=O) groups is 2. The molecule has 0 aromatic rings. The maximum Gasteiger partial charge on any atom is 0.410 e. The van der Waals surface area contributed by atoms with Gasteiger partial charge >= 0.3 is 12.1 Å². The second-order valence-electron chi connectivity index (χ2n) is 5.54. The maximum atomic E-state index is 11.9. The molecule has 0 bridgehead atoms. The van der Waals surface area contributed by atoms with Crippen LogP contribution in [0.1, 0.15) is 40.5 Å². The molecule has 1 rings (SSSR count). The number of carboxylic acid groups (broad SMARTS) is 1. The van der Waals surface area contributed by atoms with E-state index in [-0.39, 0.29) is 17.7 Å². The van der Waals surface area contributed by atoms with Gasteiger partial charge in [0.25, 0.3) is 0 Å². The average Bonchev–Trinajstić information content (AvgIpc) is 2.62. The minimum Gasteiger partial charge on any atom is -0.478 e. The number of amides is 1. The van der Waals surface area contributed by atoms with Crippen molar-refractivity contribution in [2.75, 3.05) is 6.54 Å². The number of aliphatic carboxylic acids is 1. The van der Waals surface area contributed by atoms with Crippen molar-refractivity contribution in [2.24, 2.45) is 0 Å². The second-order valence-corrected chi connectivity index (χ2v) is 5.54. The highest BCUT2D eigenvalue weighted by molar-refractivity contribution is 5.86. The summed E-state index contributed by atoms with van der Waals surface area (Å²) in [6.07, 6.45) is 2.90. The highest BCUT2D eigenvalue weighted by Gasteiger charge is 2.31. The number of hydrogen-bond acceptors (Lipinski definition) is 3. The summed E-state index contributed by atoms with van der Waals surface area (Å²) in [6.45, 7) is 7.59. The van der Waals surface area contributed by atoms with E-state index in [0.717, 1.165) is 12.8 Å². The Morgan fingerprint density at radius 1 is 1.39 bits per heavy atom. The van der Waals surface area contributed by atoms with Gasteiger partial charge in [-0.1, -0.05) is 6.08 Å². The van der Waals surface area contributed by atoms with Crippen molar-refractivity contribution in [1.82, 2.24) is 4.90 Å². The zero-order valence-electron chi connectivity index (χ0n) is 11.4. The number of hydrogen-bond donors (Lipinski definition) is 1. The van der Waals surface area contributed by atoms with Crippen LogP contribution in [0.2, 0.25) is 0 Å². The van der Waals surface area contributed by atoms with E-state index in [4.69, 9.17) is 9.84 Å². The number of carbonyl (C=O) groups excluding carboxylic acids is 1. The molecule has 1 aliphatic rings. The lowest BCUT2D eigenvalue weighted by Crippen LogP contribution is -2.39. The zero-order valence-corrected chi connectivity index (χ0v) is 11.4.